The van der Waals surface area contributed by atoms with Crippen LogP contribution in [0.4, 0.5) is 0 Å². The van der Waals surface area contributed by atoms with Crippen LogP contribution in [0.25, 0.3) is 11.1 Å². The number of fused-ring (bicyclic) bond motifs is 3. The summed E-state index contributed by atoms with van der Waals surface area (Å²) in [6.07, 6.45) is 0.567. The van der Waals surface area contributed by atoms with E-state index in [1.165, 1.54) is 6.92 Å². The number of carbonyl (C=O) groups is 2. The average Bonchev–Trinajstić information content (AvgIpc) is 2.84. The molecule has 4 unspecified atom stereocenters. The summed E-state index contributed by atoms with van der Waals surface area (Å²) in [6.45, 7) is 1.25. The number of nitrogens with zero attached hydrogens (tertiary/aromatic N) is 1. The summed E-state index contributed by atoms with van der Waals surface area (Å²) in [5.41, 5.74) is 11.3. The standard InChI is InChI=1S/C29H31Cl2N3O6/c1-29(40)21-16(23(34(2)3)27(38)22(29)28(33)39)7-12-6-15-14(11-4-5-17(30)18(31)9-11)8-13(10-32)24(35)20(15)25(36)19(12)26(21)37/h4-5,8-9,12,16,21,23,35,37-38,40H,6-7,10,32H2,1-3H3,(H2,33,39)/t12?,16?,21?,23-,29?/m1/s1. The molecule has 212 valence electrons. The van der Waals surface area contributed by atoms with Crippen LogP contribution in [0.5, 0.6) is 5.75 Å². The summed E-state index contributed by atoms with van der Waals surface area (Å²) >= 11 is 12.4. The Morgan fingerprint density at radius 3 is 2.38 bits per heavy atom. The quantitative estimate of drug-likeness (QED) is 0.315. The number of phenols is 1. The van der Waals surface area contributed by atoms with Crippen molar-refractivity contribution >= 4 is 34.9 Å². The highest BCUT2D eigenvalue weighted by Crippen LogP contribution is 2.55. The van der Waals surface area contributed by atoms with Gasteiger partial charge in [-0.1, -0.05) is 29.3 Å². The van der Waals surface area contributed by atoms with E-state index in [-0.39, 0.29) is 41.4 Å². The van der Waals surface area contributed by atoms with E-state index in [2.05, 4.69) is 0 Å². The summed E-state index contributed by atoms with van der Waals surface area (Å²) < 4.78 is 0. The van der Waals surface area contributed by atoms with Gasteiger partial charge in [0.05, 0.1) is 33.1 Å². The Hall–Kier alpha value is -3.08. The van der Waals surface area contributed by atoms with Gasteiger partial charge in [-0.3, -0.25) is 14.5 Å². The molecule has 5 rings (SSSR count). The van der Waals surface area contributed by atoms with E-state index in [1.807, 2.05) is 0 Å². The zero-order valence-corrected chi connectivity index (χ0v) is 23.7. The van der Waals surface area contributed by atoms with Gasteiger partial charge in [0.25, 0.3) is 5.91 Å². The van der Waals surface area contributed by atoms with Crippen LogP contribution >= 0.6 is 23.2 Å². The number of ketones is 1. The van der Waals surface area contributed by atoms with E-state index >= 15 is 0 Å². The number of allylic oxidation sites excluding steroid dienone is 1. The van der Waals surface area contributed by atoms with Crippen molar-refractivity contribution < 1.29 is 30.0 Å². The first-order valence-corrected chi connectivity index (χ1v) is 13.6. The van der Waals surface area contributed by atoms with Crippen molar-refractivity contribution in [2.75, 3.05) is 14.1 Å². The van der Waals surface area contributed by atoms with Crippen molar-refractivity contribution in [3.63, 3.8) is 0 Å². The van der Waals surface area contributed by atoms with Crippen LogP contribution in [0.2, 0.25) is 10.0 Å². The number of amides is 1. The highest BCUT2D eigenvalue weighted by Gasteiger charge is 2.59. The molecule has 0 saturated carbocycles. The normalized spacial score (nSPS) is 27.9. The van der Waals surface area contributed by atoms with Gasteiger partial charge in [0, 0.05) is 17.7 Å². The Labute approximate surface area is 241 Å². The molecule has 1 amide bonds. The van der Waals surface area contributed by atoms with Crippen LogP contribution in [0.3, 0.4) is 0 Å². The zero-order valence-electron chi connectivity index (χ0n) is 22.2. The number of hydrogen-bond donors (Lipinski definition) is 6. The lowest BCUT2D eigenvalue weighted by atomic mass is 9.56. The fourth-order valence-corrected chi connectivity index (χ4v) is 7.39. The van der Waals surface area contributed by atoms with E-state index in [4.69, 9.17) is 34.7 Å². The number of Topliss-reactive ketones (excluding diaryl/α,β-unsaturated/α-hetero) is 1. The van der Waals surface area contributed by atoms with Crippen molar-refractivity contribution in [1.29, 1.82) is 0 Å². The summed E-state index contributed by atoms with van der Waals surface area (Å²) in [6, 6.07) is 6.05. The molecule has 0 bridgehead atoms. The minimum Gasteiger partial charge on any atom is -0.511 e. The fraction of sp³-hybridized carbons (Fsp3) is 0.379. The van der Waals surface area contributed by atoms with E-state index in [0.29, 0.717) is 38.7 Å². The molecule has 0 aliphatic heterocycles. The van der Waals surface area contributed by atoms with Crippen molar-refractivity contribution in [1.82, 2.24) is 4.90 Å². The first-order chi connectivity index (χ1) is 18.7. The summed E-state index contributed by atoms with van der Waals surface area (Å²) in [7, 11) is 3.42. The van der Waals surface area contributed by atoms with E-state index in [1.54, 1.807) is 43.3 Å². The third-order valence-electron chi connectivity index (χ3n) is 8.68. The molecular weight excluding hydrogens is 557 g/mol. The van der Waals surface area contributed by atoms with Gasteiger partial charge in [-0.2, -0.15) is 0 Å². The molecule has 3 aliphatic rings. The van der Waals surface area contributed by atoms with Crippen LogP contribution in [0.15, 0.2) is 46.9 Å². The molecule has 8 N–H and O–H groups in total. The molecule has 5 atom stereocenters. The highest BCUT2D eigenvalue weighted by atomic mass is 35.5. The predicted octanol–water partition coefficient (Wildman–Crippen LogP) is 3.62. The van der Waals surface area contributed by atoms with Crippen molar-refractivity contribution in [2.24, 2.45) is 29.2 Å². The molecule has 9 nitrogen and oxygen atoms in total. The first-order valence-electron chi connectivity index (χ1n) is 12.8. The number of nitrogens with two attached hydrogens (primary N) is 2. The summed E-state index contributed by atoms with van der Waals surface area (Å²) in [5.74, 6) is -4.81. The molecule has 0 saturated heterocycles. The smallest absolute Gasteiger partial charge is 0.251 e. The Kier molecular flexibility index (Phi) is 6.96. The van der Waals surface area contributed by atoms with Crippen LogP contribution in [0, 0.1) is 17.8 Å². The third kappa shape index (κ3) is 4.02. The number of aromatic hydroxyl groups is 1. The largest absolute Gasteiger partial charge is 0.511 e. The predicted molar refractivity (Wildman–Crippen MR) is 151 cm³/mol. The lowest BCUT2D eigenvalue weighted by molar-refractivity contribution is -0.120. The number of aliphatic hydroxyl groups excluding tert-OH is 2. The maximum absolute atomic E-state index is 14.1. The van der Waals surface area contributed by atoms with Gasteiger partial charge in [0.15, 0.2) is 5.78 Å². The van der Waals surface area contributed by atoms with Gasteiger partial charge in [-0.05, 0) is 80.6 Å². The molecular formula is C29H31Cl2N3O6. The monoisotopic (exact) mass is 587 g/mol. The molecule has 11 heteroatoms. The molecule has 40 heavy (non-hydrogen) atoms. The number of carbonyl (C=O) groups excluding carboxylic acids is 2. The Balaban J connectivity index is 1.75. The second-order valence-corrected chi connectivity index (χ2v) is 12.0. The SMILES string of the molecule is CN(C)[C@H]1C(O)=C(C(N)=O)C(C)(O)C2C(O)=C3C(=O)c4c(O)c(CN)cc(-c5ccc(Cl)c(Cl)c5)c4CC3CC21. The number of halogens is 2. The highest BCUT2D eigenvalue weighted by molar-refractivity contribution is 6.42. The number of likely N-dealkylation sites (N-methyl/N-ethyl adjacent to an activating group) is 1. The van der Waals surface area contributed by atoms with E-state index in [0.717, 1.165) is 0 Å². The molecule has 2 aromatic rings. The van der Waals surface area contributed by atoms with Gasteiger partial charge in [-0.25, -0.2) is 0 Å². The molecule has 3 aliphatic carbocycles. The maximum atomic E-state index is 14.1. The minimum atomic E-state index is -2.05. The van der Waals surface area contributed by atoms with E-state index in [9.17, 15) is 30.0 Å². The van der Waals surface area contributed by atoms with Crippen LogP contribution < -0.4 is 11.5 Å². The summed E-state index contributed by atoms with van der Waals surface area (Å²) in [4.78, 5) is 28.2. The lowest BCUT2D eigenvalue weighted by Crippen LogP contribution is -2.59. The van der Waals surface area contributed by atoms with Gasteiger partial charge >= 0.3 is 0 Å². The fourth-order valence-electron chi connectivity index (χ4n) is 7.09. The zero-order chi connectivity index (χ0) is 29.4. The van der Waals surface area contributed by atoms with Gasteiger partial charge in [-0.15, -0.1) is 0 Å². The Bertz CT molecular complexity index is 1530. The molecule has 0 heterocycles. The van der Waals surface area contributed by atoms with Crippen molar-refractivity contribution in [2.45, 2.75) is 38.0 Å². The molecule has 0 spiro atoms. The van der Waals surface area contributed by atoms with Gasteiger partial charge in [0.1, 0.15) is 22.9 Å². The number of benzene rings is 2. The first kappa shape index (κ1) is 28.4. The lowest BCUT2D eigenvalue weighted by Gasteiger charge is -2.52. The minimum absolute atomic E-state index is 0.0217. The number of primary amides is 1. The summed E-state index contributed by atoms with van der Waals surface area (Å²) in [5, 5.41) is 46.2. The average molecular weight is 588 g/mol. The maximum Gasteiger partial charge on any atom is 0.251 e. The Morgan fingerprint density at radius 2 is 1.80 bits per heavy atom. The third-order valence-corrected chi connectivity index (χ3v) is 9.42. The van der Waals surface area contributed by atoms with Crippen LogP contribution in [-0.4, -0.2) is 62.8 Å². The second-order valence-electron chi connectivity index (χ2n) is 11.2. The van der Waals surface area contributed by atoms with Crippen LogP contribution in [0.1, 0.15) is 34.8 Å². The second kappa shape index (κ2) is 9.78. The number of hydrogen-bond acceptors (Lipinski definition) is 8. The Morgan fingerprint density at radius 1 is 1.12 bits per heavy atom. The molecule has 0 aromatic heterocycles. The van der Waals surface area contributed by atoms with Crippen LogP contribution in [-0.2, 0) is 17.8 Å². The molecule has 0 fully saturated rings. The molecule has 0 radical (unpaired) electrons. The van der Waals surface area contributed by atoms with Crippen molar-refractivity contribution in [3.05, 3.63) is 73.7 Å². The number of phenolic OH excluding ortho intramolecular Hbond substituents is 1. The van der Waals surface area contributed by atoms with E-state index < -0.39 is 46.7 Å². The number of aliphatic hydroxyl groups is 3. The molecule has 2 aromatic carbocycles. The van der Waals surface area contributed by atoms with Gasteiger partial charge in [0.2, 0.25) is 0 Å². The topological polar surface area (TPSA) is 170 Å². The van der Waals surface area contributed by atoms with Gasteiger partial charge < -0.3 is 31.9 Å². The number of rotatable bonds is 4. The van der Waals surface area contributed by atoms with Crippen molar-refractivity contribution in [3.8, 4) is 16.9 Å².